The Morgan fingerprint density at radius 1 is 1.08 bits per heavy atom. The molecule has 1 heterocycles. The number of nitrogens with zero attached hydrogens (tertiary/aromatic N) is 2. The quantitative estimate of drug-likeness (QED) is 0.395. The van der Waals surface area contributed by atoms with Crippen molar-refractivity contribution in [1.29, 1.82) is 0 Å². The molecule has 0 bridgehead atoms. The molecule has 0 fully saturated rings. The second-order valence-corrected chi connectivity index (χ2v) is 11.8. The van der Waals surface area contributed by atoms with Gasteiger partial charge in [0.25, 0.3) is 11.8 Å². The average Bonchev–Trinajstić information content (AvgIpc) is 3.02. The molecule has 9 heteroatoms. The maximum absolute atomic E-state index is 13.8. The molecule has 0 spiro atoms. The topological polar surface area (TPSA) is 99.1 Å². The van der Waals surface area contributed by atoms with Gasteiger partial charge in [-0.3, -0.25) is 19.4 Å². The van der Waals surface area contributed by atoms with Gasteiger partial charge in [0.2, 0.25) is 0 Å². The molecular weight excluding hydrogens is 513 g/mol. The molecule has 0 radical (unpaired) electrons. The van der Waals surface area contributed by atoms with E-state index in [9.17, 15) is 14.4 Å². The number of hydrogen-bond acceptors (Lipinski definition) is 4. The number of carboxylic acid groups (broad SMARTS) is 1. The summed E-state index contributed by atoms with van der Waals surface area (Å²) in [5.74, 6) is -1.53. The molecule has 2 N–H and O–H groups in total. The van der Waals surface area contributed by atoms with Crippen molar-refractivity contribution in [3.8, 4) is 0 Å². The van der Waals surface area contributed by atoms with Gasteiger partial charge in [-0.15, -0.1) is 0 Å². The maximum Gasteiger partial charge on any atom is 0.305 e. The first-order chi connectivity index (χ1) is 17.2. The van der Waals surface area contributed by atoms with Crippen LogP contribution in [0.4, 0.5) is 0 Å². The Hall–Kier alpha value is -2.90. The number of amides is 2. The van der Waals surface area contributed by atoms with Crippen molar-refractivity contribution in [1.82, 2.24) is 10.2 Å². The Morgan fingerprint density at radius 3 is 2.22 bits per heavy atom. The minimum absolute atomic E-state index is 0.0410. The van der Waals surface area contributed by atoms with E-state index >= 15 is 0 Å². The zero-order chi connectivity index (χ0) is 27.5. The molecule has 198 valence electrons. The van der Waals surface area contributed by atoms with Crippen LogP contribution in [0.15, 0.2) is 47.5 Å². The normalized spacial score (nSPS) is 15.9. The van der Waals surface area contributed by atoms with Crippen molar-refractivity contribution < 1.29 is 19.5 Å². The predicted molar refractivity (Wildman–Crippen MR) is 146 cm³/mol. The van der Waals surface area contributed by atoms with Crippen LogP contribution < -0.4 is 5.32 Å². The molecule has 37 heavy (non-hydrogen) atoms. The molecule has 7 nitrogen and oxygen atoms in total. The van der Waals surface area contributed by atoms with E-state index in [-0.39, 0.29) is 36.2 Å². The molecule has 2 aromatic rings. The summed E-state index contributed by atoms with van der Waals surface area (Å²) in [6.45, 7) is 10.3. The Labute approximate surface area is 227 Å². The van der Waals surface area contributed by atoms with Crippen molar-refractivity contribution >= 4 is 46.7 Å². The third-order valence-electron chi connectivity index (χ3n) is 6.19. The second-order valence-electron chi connectivity index (χ2n) is 10.9. The van der Waals surface area contributed by atoms with E-state index in [4.69, 9.17) is 33.3 Å². The lowest BCUT2D eigenvalue weighted by atomic mass is 9.86. The zero-order valence-corrected chi connectivity index (χ0v) is 23.3. The summed E-state index contributed by atoms with van der Waals surface area (Å²) < 4.78 is 0. The first-order valence-corrected chi connectivity index (χ1v) is 12.9. The highest BCUT2D eigenvalue weighted by Crippen LogP contribution is 2.40. The lowest BCUT2D eigenvalue weighted by Crippen LogP contribution is -2.45. The fourth-order valence-corrected chi connectivity index (χ4v) is 4.92. The molecule has 0 saturated carbocycles. The van der Waals surface area contributed by atoms with Crippen molar-refractivity contribution in [2.24, 2.45) is 10.4 Å². The number of rotatable bonds is 9. The van der Waals surface area contributed by atoms with Crippen molar-refractivity contribution in [3.05, 3.63) is 69.2 Å². The Bertz CT molecular complexity index is 1200. The van der Waals surface area contributed by atoms with Crippen LogP contribution in [0, 0.1) is 5.41 Å². The summed E-state index contributed by atoms with van der Waals surface area (Å²) in [7, 11) is 0. The standard InChI is InChI=1S/C28H33Cl2N3O4/c1-27(2,3)12-10-22(17-6-8-18(9-7-17)25(36)31-13-11-23(34)35)33-26(37)24(32-28(33,4)5)19-14-20(29)16-21(30)15-19/h6-9,14-16,22H,10-13H2,1-5H3,(H,31,36)(H,34,35). The predicted octanol–water partition coefficient (Wildman–Crippen LogP) is 6.13. The minimum Gasteiger partial charge on any atom is -0.481 e. The SMILES string of the molecule is CC(C)(C)CCC(c1ccc(C(=O)NCCC(=O)O)cc1)N1C(=O)C(c2cc(Cl)cc(Cl)c2)=NC1(C)C. The first kappa shape index (κ1) is 28.7. The van der Waals surface area contributed by atoms with Crippen molar-refractivity contribution in [3.63, 3.8) is 0 Å². The Morgan fingerprint density at radius 2 is 1.68 bits per heavy atom. The number of halogens is 2. The maximum atomic E-state index is 13.8. The van der Waals surface area contributed by atoms with Crippen LogP contribution in [0.3, 0.4) is 0 Å². The molecule has 3 rings (SSSR count). The third-order valence-corrected chi connectivity index (χ3v) is 6.63. The Balaban J connectivity index is 1.93. The van der Waals surface area contributed by atoms with Gasteiger partial charge in [-0.25, -0.2) is 0 Å². The second kappa shape index (κ2) is 11.2. The summed E-state index contributed by atoms with van der Waals surface area (Å²) in [6.07, 6.45) is 1.40. The van der Waals surface area contributed by atoms with Crippen LogP contribution in [0.2, 0.25) is 10.0 Å². The number of aliphatic imine (C=N–C) groups is 1. The number of benzene rings is 2. The number of nitrogens with one attached hydrogen (secondary N) is 1. The molecule has 0 aliphatic carbocycles. The van der Waals surface area contributed by atoms with E-state index in [1.807, 2.05) is 26.0 Å². The summed E-state index contributed by atoms with van der Waals surface area (Å²) >= 11 is 12.4. The molecule has 1 aliphatic rings. The summed E-state index contributed by atoms with van der Waals surface area (Å²) in [6, 6.07) is 11.8. The molecule has 2 amide bonds. The van der Waals surface area contributed by atoms with Gasteiger partial charge in [-0.2, -0.15) is 0 Å². The number of aliphatic carboxylic acids is 1. The highest BCUT2D eigenvalue weighted by Gasteiger charge is 2.45. The molecule has 1 aliphatic heterocycles. The smallest absolute Gasteiger partial charge is 0.305 e. The van der Waals surface area contributed by atoms with Gasteiger partial charge in [0.1, 0.15) is 11.4 Å². The molecule has 1 unspecified atom stereocenters. The van der Waals surface area contributed by atoms with E-state index in [0.717, 1.165) is 12.0 Å². The fourth-order valence-electron chi connectivity index (χ4n) is 4.40. The molecular formula is C28H33Cl2N3O4. The lowest BCUT2D eigenvalue weighted by Gasteiger charge is -2.38. The zero-order valence-electron chi connectivity index (χ0n) is 21.8. The van der Waals surface area contributed by atoms with E-state index in [1.165, 1.54) is 0 Å². The number of carboxylic acids is 1. The summed E-state index contributed by atoms with van der Waals surface area (Å²) in [4.78, 5) is 43.5. The van der Waals surface area contributed by atoms with Gasteiger partial charge in [0, 0.05) is 27.7 Å². The lowest BCUT2D eigenvalue weighted by molar-refractivity contribution is -0.136. The van der Waals surface area contributed by atoms with Gasteiger partial charge in [0.05, 0.1) is 12.5 Å². The van der Waals surface area contributed by atoms with Crippen molar-refractivity contribution in [2.75, 3.05) is 6.54 Å². The molecule has 2 aromatic carbocycles. The number of carbonyl (C=O) groups excluding carboxylic acids is 2. The van der Waals surface area contributed by atoms with E-state index in [1.54, 1.807) is 35.2 Å². The van der Waals surface area contributed by atoms with E-state index in [0.29, 0.717) is 33.3 Å². The van der Waals surface area contributed by atoms with Gasteiger partial charge < -0.3 is 15.3 Å². The fraction of sp³-hybridized carbons (Fsp3) is 0.429. The monoisotopic (exact) mass is 545 g/mol. The molecule has 1 atom stereocenters. The number of carbonyl (C=O) groups is 3. The van der Waals surface area contributed by atoms with Gasteiger partial charge in [-0.1, -0.05) is 56.1 Å². The molecule has 0 aromatic heterocycles. The van der Waals surface area contributed by atoms with Crippen LogP contribution in [0.1, 0.15) is 81.4 Å². The average molecular weight is 546 g/mol. The van der Waals surface area contributed by atoms with Crippen LogP contribution >= 0.6 is 23.2 Å². The van der Waals surface area contributed by atoms with Crippen LogP contribution in [-0.2, 0) is 9.59 Å². The van der Waals surface area contributed by atoms with Crippen LogP contribution in [0.25, 0.3) is 0 Å². The van der Waals surface area contributed by atoms with Crippen molar-refractivity contribution in [2.45, 2.75) is 65.6 Å². The minimum atomic E-state index is -0.975. The number of hydrogen-bond donors (Lipinski definition) is 2. The van der Waals surface area contributed by atoms with Crippen LogP contribution in [0.5, 0.6) is 0 Å². The van der Waals surface area contributed by atoms with E-state index < -0.39 is 11.6 Å². The van der Waals surface area contributed by atoms with Gasteiger partial charge in [0.15, 0.2) is 0 Å². The molecule has 0 saturated heterocycles. The van der Waals surface area contributed by atoms with Gasteiger partial charge in [-0.05, 0) is 68.0 Å². The third kappa shape index (κ3) is 7.33. The highest BCUT2D eigenvalue weighted by molar-refractivity contribution is 6.47. The largest absolute Gasteiger partial charge is 0.481 e. The highest BCUT2D eigenvalue weighted by atomic mass is 35.5. The summed E-state index contributed by atoms with van der Waals surface area (Å²) in [5.41, 5.74) is 1.40. The van der Waals surface area contributed by atoms with Crippen LogP contribution in [-0.4, -0.2) is 45.7 Å². The summed E-state index contributed by atoms with van der Waals surface area (Å²) in [5, 5.41) is 12.2. The van der Waals surface area contributed by atoms with Gasteiger partial charge >= 0.3 is 5.97 Å². The van der Waals surface area contributed by atoms with E-state index in [2.05, 4.69) is 26.1 Å². The first-order valence-electron chi connectivity index (χ1n) is 12.2. The Kier molecular flexibility index (Phi) is 8.70.